The highest BCUT2D eigenvalue weighted by atomic mass is 16.1. The lowest BCUT2D eigenvalue weighted by Crippen LogP contribution is -2.15. The number of anilines is 1. The number of carbonyl (C=O) groups is 1. The lowest BCUT2D eigenvalue weighted by atomic mass is 10.1. The Kier molecular flexibility index (Phi) is 5.95. The number of hydrogen-bond donors (Lipinski definition) is 1. The summed E-state index contributed by atoms with van der Waals surface area (Å²) in [7, 11) is 0. The lowest BCUT2D eigenvalue weighted by Gasteiger charge is -2.10. The van der Waals surface area contributed by atoms with Gasteiger partial charge in [0.2, 0.25) is 11.9 Å². The molecule has 0 aliphatic carbocycles. The Morgan fingerprint density at radius 1 is 0.767 bits per heavy atom. The highest BCUT2D eigenvalue weighted by Crippen LogP contribution is 2.25. The minimum Gasteiger partial charge on any atom is -0.294 e. The lowest BCUT2D eigenvalue weighted by molar-refractivity contribution is -0.116. The quantitative estimate of drug-likeness (QED) is 0.458. The average Bonchev–Trinajstić information content (AvgIpc) is 2.79. The molecule has 1 amide bonds. The maximum Gasteiger partial charge on any atom is 0.230 e. The van der Waals surface area contributed by atoms with Crippen LogP contribution in [0, 0.1) is 6.92 Å². The van der Waals surface area contributed by atoms with Crippen molar-refractivity contribution in [2.75, 3.05) is 5.32 Å². The summed E-state index contributed by atoms with van der Waals surface area (Å²) in [5, 5.41) is 2.88. The van der Waals surface area contributed by atoms with E-state index in [1.165, 1.54) is 5.56 Å². The van der Waals surface area contributed by atoms with Crippen LogP contribution in [0.15, 0.2) is 91.0 Å². The molecule has 0 fully saturated rings. The van der Waals surface area contributed by atoms with Crippen LogP contribution in [0.1, 0.15) is 17.5 Å². The van der Waals surface area contributed by atoms with Crippen molar-refractivity contribution < 1.29 is 4.79 Å². The van der Waals surface area contributed by atoms with Gasteiger partial charge in [-0.2, -0.15) is 0 Å². The molecule has 148 valence electrons. The Morgan fingerprint density at radius 3 is 1.97 bits per heavy atom. The Morgan fingerprint density at radius 2 is 1.33 bits per heavy atom. The minimum atomic E-state index is -0.0982. The molecule has 4 rings (SSSR count). The number of aromatic nitrogens is 2. The molecule has 0 saturated heterocycles. The van der Waals surface area contributed by atoms with E-state index >= 15 is 0 Å². The Balaban J connectivity index is 1.60. The first-order valence-corrected chi connectivity index (χ1v) is 10.0. The molecule has 4 aromatic rings. The van der Waals surface area contributed by atoms with Gasteiger partial charge in [-0.25, -0.2) is 9.97 Å². The molecule has 0 spiro atoms. The van der Waals surface area contributed by atoms with Crippen molar-refractivity contribution >= 4 is 11.9 Å². The van der Waals surface area contributed by atoms with Crippen molar-refractivity contribution in [1.29, 1.82) is 0 Å². The summed E-state index contributed by atoms with van der Waals surface area (Å²) in [4.78, 5) is 21.7. The number of rotatable bonds is 6. The summed E-state index contributed by atoms with van der Waals surface area (Å²) >= 11 is 0. The first kappa shape index (κ1) is 19.5. The Bertz CT molecular complexity index is 1120. The Labute approximate surface area is 176 Å². The number of amides is 1. The normalized spacial score (nSPS) is 10.6. The first-order chi connectivity index (χ1) is 14.7. The third-order valence-electron chi connectivity index (χ3n) is 4.88. The fourth-order valence-corrected chi connectivity index (χ4v) is 3.22. The maximum absolute atomic E-state index is 12.5. The first-order valence-electron chi connectivity index (χ1n) is 10.0. The van der Waals surface area contributed by atoms with Gasteiger partial charge in [0.1, 0.15) is 0 Å². The molecule has 4 nitrogen and oxygen atoms in total. The van der Waals surface area contributed by atoms with Crippen LogP contribution in [0.2, 0.25) is 0 Å². The van der Waals surface area contributed by atoms with Gasteiger partial charge in [0.15, 0.2) is 0 Å². The predicted octanol–water partition coefficient (Wildman–Crippen LogP) is 5.69. The van der Waals surface area contributed by atoms with Crippen molar-refractivity contribution in [2.45, 2.75) is 19.8 Å². The molecular weight excluding hydrogens is 370 g/mol. The molecule has 4 heteroatoms. The van der Waals surface area contributed by atoms with E-state index in [9.17, 15) is 4.79 Å². The fraction of sp³-hybridized carbons (Fsp3) is 0.115. The third kappa shape index (κ3) is 4.97. The van der Waals surface area contributed by atoms with Gasteiger partial charge >= 0.3 is 0 Å². The summed E-state index contributed by atoms with van der Waals surface area (Å²) in [5.74, 6) is 0.226. The van der Waals surface area contributed by atoms with Gasteiger partial charge in [-0.3, -0.25) is 10.1 Å². The van der Waals surface area contributed by atoms with Gasteiger partial charge < -0.3 is 0 Å². The molecule has 30 heavy (non-hydrogen) atoms. The highest BCUT2D eigenvalue weighted by molar-refractivity contribution is 5.89. The molecular formula is C26H23N3O. The molecule has 1 N–H and O–H groups in total. The van der Waals surface area contributed by atoms with E-state index in [-0.39, 0.29) is 5.91 Å². The number of nitrogens with zero attached hydrogens (tertiary/aromatic N) is 2. The topological polar surface area (TPSA) is 54.9 Å². The molecule has 0 radical (unpaired) electrons. The molecule has 3 aromatic carbocycles. The summed E-state index contributed by atoms with van der Waals surface area (Å²) in [5.41, 5.74) is 5.84. The molecule has 0 aliphatic heterocycles. The SMILES string of the molecule is Cc1ccc(-c2cc(-c3ccccc3)nc(NC(=O)CCc3ccccc3)n2)cc1. The van der Waals surface area contributed by atoms with Gasteiger partial charge in [-0.15, -0.1) is 0 Å². The second kappa shape index (κ2) is 9.14. The van der Waals surface area contributed by atoms with Crippen LogP contribution in [0.4, 0.5) is 5.95 Å². The molecule has 0 saturated carbocycles. The van der Waals surface area contributed by atoms with Crippen LogP contribution in [0.25, 0.3) is 22.5 Å². The van der Waals surface area contributed by atoms with Crippen molar-refractivity contribution in [2.24, 2.45) is 0 Å². The molecule has 0 aliphatic rings. The van der Waals surface area contributed by atoms with Gasteiger partial charge in [-0.05, 0) is 25.0 Å². The number of hydrogen-bond acceptors (Lipinski definition) is 3. The van der Waals surface area contributed by atoms with Crippen LogP contribution < -0.4 is 5.32 Å². The van der Waals surface area contributed by atoms with Crippen molar-refractivity contribution in [3.8, 4) is 22.5 Å². The number of carbonyl (C=O) groups excluding carboxylic acids is 1. The molecule has 0 bridgehead atoms. The predicted molar refractivity (Wildman–Crippen MR) is 121 cm³/mol. The number of benzene rings is 3. The summed E-state index contributed by atoms with van der Waals surface area (Å²) in [6, 6.07) is 30.0. The largest absolute Gasteiger partial charge is 0.294 e. The summed E-state index contributed by atoms with van der Waals surface area (Å²) in [6.07, 6.45) is 1.05. The van der Waals surface area contributed by atoms with E-state index in [2.05, 4.69) is 34.3 Å². The van der Waals surface area contributed by atoms with Gasteiger partial charge in [0, 0.05) is 17.5 Å². The van der Waals surface area contributed by atoms with Crippen molar-refractivity contribution in [1.82, 2.24) is 9.97 Å². The molecule has 0 unspecified atom stereocenters. The maximum atomic E-state index is 12.5. The van der Waals surface area contributed by atoms with E-state index in [0.717, 1.165) is 28.1 Å². The smallest absolute Gasteiger partial charge is 0.230 e. The van der Waals surface area contributed by atoms with Crippen molar-refractivity contribution in [3.63, 3.8) is 0 Å². The zero-order valence-corrected chi connectivity index (χ0v) is 16.9. The zero-order valence-electron chi connectivity index (χ0n) is 16.9. The second-order valence-corrected chi connectivity index (χ2v) is 7.23. The Hall–Kier alpha value is -3.79. The third-order valence-corrected chi connectivity index (χ3v) is 4.88. The van der Waals surface area contributed by atoms with E-state index in [1.807, 2.05) is 78.9 Å². The number of aryl methyl sites for hydroxylation is 2. The monoisotopic (exact) mass is 393 g/mol. The standard InChI is InChI=1S/C26H23N3O/c1-19-12-15-22(16-13-19)24-18-23(21-10-6-3-7-11-21)27-26(28-24)29-25(30)17-14-20-8-4-2-5-9-20/h2-13,15-16,18H,14,17H2,1H3,(H,27,28,29,30). The van der Waals surface area contributed by atoms with E-state index in [0.29, 0.717) is 18.8 Å². The number of nitrogens with one attached hydrogen (secondary N) is 1. The van der Waals surface area contributed by atoms with E-state index < -0.39 is 0 Å². The summed E-state index contributed by atoms with van der Waals surface area (Å²) in [6.45, 7) is 2.05. The van der Waals surface area contributed by atoms with Crippen molar-refractivity contribution in [3.05, 3.63) is 102 Å². The van der Waals surface area contributed by atoms with Gasteiger partial charge in [-0.1, -0.05) is 90.5 Å². The highest BCUT2D eigenvalue weighted by Gasteiger charge is 2.11. The van der Waals surface area contributed by atoms with E-state index in [4.69, 9.17) is 0 Å². The molecule has 0 atom stereocenters. The zero-order chi connectivity index (χ0) is 20.8. The second-order valence-electron chi connectivity index (χ2n) is 7.23. The van der Waals surface area contributed by atoms with Gasteiger partial charge in [0.05, 0.1) is 11.4 Å². The minimum absolute atomic E-state index is 0.0982. The van der Waals surface area contributed by atoms with E-state index in [1.54, 1.807) is 0 Å². The van der Waals surface area contributed by atoms with Crippen LogP contribution >= 0.6 is 0 Å². The molecule has 1 aromatic heterocycles. The summed E-state index contributed by atoms with van der Waals surface area (Å²) < 4.78 is 0. The van der Waals surface area contributed by atoms with Gasteiger partial charge in [0.25, 0.3) is 0 Å². The van der Waals surface area contributed by atoms with Crippen LogP contribution in [-0.2, 0) is 11.2 Å². The molecule has 1 heterocycles. The fourth-order valence-electron chi connectivity index (χ4n) is 3.22. The van der Waals surface area contributed by atoms with Crippen LogP contribution in [-0.4, -0.2) is 15.9 Å². The van der Waals surface area contributed by atoms with Crippen LogP contribution in [0.5, 0.6) is 0 Å². The average molecular weight is 393 g/mol. The van der Waals surface area contributed by atoms with Crippen LogP contribution in [0.3, 0.4) is 0 Å².